The van der Waals surface area contributed by atoms with Crippen LogP contribution in [0.25, 0.3) is 0 Å². The molecule has 10 heteroatoms. The third-order valence-electron chi connectivity index (χ3n) is 3.18. The van der Waals surface area contributed by atoms with Crippen LogP contribution in [0.2, 0.25) is 0 Å². The molecule has 0 fully saturated rings. The number of rotatable bonds is 7. The lowest BCUT2D eigenvalue weighted by Crippen LogP contribution is -2.22. The normalized spacial score (nSPS) is 9.96. The van der Waals surface area contributed by atoms with Crippen molar-refractivity contribution in [2.45, 2.75) is 0 Å². The van der Waals surface area contributed by atoms with E-state index in [1.807, 2.05) is 0 Å². The Morgan fingerprint density at radius 3 is 2.40 bits per heavy atom. The van der Waals surface area contributed by atoms with Gasteiger partial charge in [0.05, 0.1) is 35.3 Å². The summed E-state index contributed by atoms with van der Waals surface area (Å²) < 4.78 is 5.03. The number of nitro benzene ring substituents is 2. The van der Waals surface area contributed by atoms with E-state index in [9.17, 15) is 25.0 Å². The molecule has 2 rings (SSSR count). The number of hydrogen-bond donors (Lipinski definition) is 2. The molecule has 1 amide bonds. The summed E-state index contributed by atoms with van der Waals surface area (Å²) in [6.45, 7) is -0.151. The van der Waals surface area contributed by atoms with Crippen molar-refractivity contribution in [1.82, 2.24) is 0 Å². The highest BCUT2D eigenvalue weighted by atomic mass is 16.6. The molecule has 10 nitrogen and oxygen atoms in total. The van der Waals surface area contributed by atoms with Gasteiger partial charge in [0.25, 0.3) is 11.4 Å². The zero-order valence-electron chi connectivity index (χ0n) is 13.1. The van der Waals surface area contributed by atoms with Crippen molar-refractivity contribution < 1.29 is 19.4 Å². The van der Waals surface area contributed by atoms with Gasteiger partial charge in [-0.3, -0.25) is 25.0 Å². The first-order chi connectivity index (χ1) is 11.9. The number of methoxy groups -OCH3 is 1. The van der Waals surface area contributed by atoms with Crippen LogP contribution in [0.3, 0.4) is 0 Å². The fraction of sp³-hybridized carbons (Fsp3) is 0.133. The predicted molar refractivity (Wildman–Crippen MR) is 89.9 cm³/mol. The summed E-state index contributed by atoms with van der Waals surface area (Å²) in [6, 6.07) is 9.54. The Morgan fingerprint density at radius 1 is 1.08 bits per heavy atom. The maximum absolute atomic E-state index is 12.0. The largest absolute Gasteiger partial charge is 0.494 e. The van der Waals surface area contributed by atoms with Gasteiger partial charge in [-0.15, -0.1) is 0 Å². The summed E-state index contributed by atoms with van der Waals surface area (Å²) >= 11 is 0. The molecule has 2 aromatic rings. The molecule has 0 saturated heterocycles. The minimum atomic E-state index is -0.571. The Hall–Kier alpha value is -3.69. The number of hydrogen-bond acceptors (Lipinski definition) is 7. The number of anilines is 2. The van der Waals surface area contributed by atoms with E-state index < -0.39 is 15.8 Å². The molecule has 25 heavy (non-hydrogen) atoms. The Balaban J connectivity index is 2.02. The lowest BCUT2D eigenvalue weighted by molar-refractivity contribution is -0.385. The van der Waals surface area contributed by atoms with Crippen molar-refractivity contribution >= 4 is 28.7 Å². The highest BCUT2D eigenvalue weighted by Gasteiger charge is 2.13. The Morgan fingerprint density at radius 2 is 1.76 bits per heavy atom. The van der Waals surface area contributed by atoms with Crippen LogP contribution >= 0.6 is 0 Å². The van der Waals surface area contributed by atoms with Gasteiger partial charge in [-0.05, 0) is 12.1 Å². The van der Waals surface area contributed by atoms with Gasteiger partial charge in [-0.2, -0.15) is 0 Å². The maximum Gasteiger partial charge on any atom is 0.273 e. The molecular formula is C15H14N4O6. The highest BCUT2D eigenvalue weighted by Crippen LogP contribution is 2.28. The van der Waals surface area contributed by atoms with E-state index in [2.05, 4.69) is 10.6 Å². The summed E-state index contributed by atoms with van der Waals surface area (Å²) in [5, 5.41) is 26.8. The van der Waals surface area contributed by atoms with E-state index in [0.29, 0.717) is 5.69 Å². The standard InChI is InChI=1S/C15H14N4O6/c1-25-14-8-12(19(23)24)5-6-13(14)17-15(20)9-16-10-3-2-4-11(7-10)18(21)22/h2-8,16H,9H2,1H3,(H,17,20). The smallest absolute Gasteiger partial charge is 0.273 e. The monoisotopic (exact) mass is 346 g/mol. The first-order valence-corrected chi connectivity index (χ1v) is 7.01. The van der Waals surface area contributed by atoms with Gasteiger partial charge >= 0.3 is 0 Å². The van der Waals surface area contributed by atoms with Crippen molar-refractivity contribution in [2.24, 2.45) is 0 Å². The van der Waals surface area contributed by atoms with Crippen molar-refractivity contribution in [2.75, 3.05) is 24.3 Å². The number of nitro groups is 2. The molecule has 2 N–H and O–H groups in total. The molecule has 0 unspecified atom stereocenters. The number of nitrogens with zero attached hydrogens (tertiary/aromatic N) is 2. The van der Waals surface area contributed by atoms with E-state index >= 15 is 0 Å². The summed E-state index contributed by atoms with van der Waals surface area (Å²) in [5.74, 6) is -0.295. The van der Waals surface area contributed by atoms with Gasteiger partial charge in [-0.1, -0.05) is 6.07 Å². The first kappa shape index (κ1) is 17.7. The van der Waals surface area contributed by atoms with E-state index in [4.69, 9.17) is 4.74 Å². The molecule has 0 atom stereocenters. The number of carbonyl (C=O) groups is 1. The zero-order valence-corrected chi connectivity index (χ0v) is 13.1. The molecule has 0 heterocycles. The average molecular weight is 346 g/mol. The fourth-order valence-corrected chi connectivity index (χ4v) is 2.00. The molecular weight excluding hydrogens is 332 g/mol. The second kappa shape index (κ2) is 7.73. The maximum atomic E-state index is 12.0. The van der Waals surface area contributed by atoms with Crippen LogP contribution in [0.4, 0.5) is 22.7 Å². The van der Waals surface area contributed by atoms with Crippen molar-refractivity contribution in [3.63, 3.8) is 0 Å². The van der Waals surface area contributed by atoms with Crippen LogP contribution in [0.5, 0.6) is 5.75 Å². The van der Waals surface area contributed by atoms with E-state index in [-0.39, 0.29) is 29.4 Å². The second-order valence-electron chi connectivity index (χ2n) is 4.85. The Kier molecular flexibility index (Phi) is 5.46. The summed E-state index contributed by atoms with van der Waals surface area (Å²) in [6.07, 6.45) is 0. The lowest BCUT2D eigenvalue weighted by Gasteiger charge is -2.11. The zero-order chi connectivity index (χ0) is 18.4. The van der Waals surface area contributed by atoms with E-state index in [1.165, 1.54) is 43.5 Å². The SMILES string of the molecule is COc1cc([N+](=O)[O-])ccc1NC(=O)CNc1cccc([N+](=O)[O-])c1. The van der Waals surface area contributed by atoms with Crippen molar-refractivity contribution in [3.05, 3.63) is 62.7 Å². The van der Waals surface area contributed by atoms with Gasteiger partial charge in [0.15, 0.2) is 0 Å². The Bertz CT molecular complexity index is 823. The molecule has 0 bridgehead atoms. The van der Waals surface area contributed by atoms with Gasteiger partial charge < -0.3 is 15.4 Å². The summed E-state index contributed by atoms with van der Waals surface area (Å²) in [4.78, 5) is 32.3. The minimum Gasteiger partial charge on any atom is -0.494 e. The highest BCUT2D eigenvalue weighted by molar-refractivity contribution is 5.95. The quantitative estimate of drug-likeness (QED) is 0.580. The van der Waals surface area contributed by atoms with Crippen LogP contribution in [0.15, 0.2) is 42.5 Å². The lowest BCUT2D eigenvalue weighted by atomic mass is 10.2. The number of nitrogens with one attached hydrogen (secondary N) is 2. The number of benzene rings is 2. The number of carbonyl (C=O) groups excluding carboxylic acids is 1. The molecule has 0 aliphatic carbocycles. The molecule has 2 aromatic carbocycles. The van der Waals surface area contributed by atoms with Gasteiger partial charge in [0, 0.05) is 23.9 Å². The molecule has 0 aliphatic rings. The van der Waals surface area contributed by atoms with Crippen LogP contribution in [0, 0.1) is 20.2 Å². The number of non-ortho nitro benzene ring substituents is 2. The van der Waals surface area contributed by atoms with Gasteiger partial charge in [0.2, 0.25) is 5.91 Å². The van der Waals surface area contributed by atoms with Crippen LogP contribution in [-0.4, -0.2) is 29.4 Å². The number of ether oxygens (including phenoxy) is 1. The predicted octanol–water partition coefficient (Wildman–Crippen LogP) is 2.56. The van der Waals surface area contributed by atoms with Crippen LogP contribution in [-0.2, 0) is 4.79 Å². The minimum absolute atomic E-state index is 0.0950. The number of amides is 1. The van der Waals surface area contributed by atoms with Gasteiger partial charge in [-0.25, -0.2) is 0 Å². The topological polar surface area (TPSA) is 137 Å². The molecule has 0 spiro atoms. The molecule has 0 radical (unpaired) electrons. The van der Waals surface area contributed by atoms with Crippen LogP contribution in [0.1, 0.15) is 0 Å². The average Bonchev–Trinajstić information content (AvgIpc) is 2.60. The Labute approximate surface area is 141 Å². The fourth-order valence-electron chi connectivity index (χ4n) is 2.00. The second-order valence-corrected chi connectivity index (χ2v) is 4.85. The van der Waals surface area contributed by atoms with Crippen molar-refractivity contribution in [1.29, 1.82) is 0 Å². The van der Waals surface area contributed by atoms with E-state index in [1.54, 1.807) is 6.07 Å². The molecule has 0 aromatic heterocycles. The summed E-state index contributed by atoms with van der Waals surface area (Å²) in [5.41, 5.74) is 0.436. The van der Waals surface area contributed by atoms with Crippen molar-refractivity contribution in [3.8, 4) is 5.75 Å². The molecule has 0 saturated carbocycles. The third kappa shape index (κ3) is 4.64. The van der Waals surface area contributed by atoms with Gasteiger partial charge in [0.1, 0.15) is 5.75 Å². The molecule has 0 aliphatic heterocycles. The summed E-state index contributed by atoms with van der Waals surface area (Å²) in [7, 11) is 1.33. The molecule has 130 valence electrons. The van der Waals surface area contributed by atoms with E-state index in [0.717, 1.165) is 0 Å². The third-order valence-corrected chi connectivity index (χ3v) is 3.18. The first-order valence-electron chi connectivity index (χ1n) is 7.01. The van der Waals surface area contributed by atoms with Crippen LogP contribution < -0.4 is 15.4 Å².